The van der Waals surface area contributed by atoms with Crippen molar-refractivity contribution in [3.8, 4) is 0 Å². The van der Waals surface area contributed by atoms with Crippen LogP contribution in [0.5, 0.6) is 0 Å². The molecule has 4 nitrogen and oxygen atoms in total. The minimum atomic E-state index is 0.845. The van der Waals surface area contributed by atoms with Crippen LogP contribution >= 0.6 is 11.3 Å². The number of benzene rings is 1. The highest BCUT2D eigenvalue weighted by atomic mass is 32.1. The van der Waals surface area contributed by atoms with Gasteiger partial charge in [0.05, 0.1) is 5.01 Å². The van der Waals surface area contributed by atoms with Crippen LogP contribution in [0.1, 0.15) is 15.4 Å². The van der Waals surface area contributed by atoms with Gasteiger partial charge in [0.15, 0.2) is 5.96 Å². The van der Waals surface area contributed by atoms with Gasteiger partial charge in [-0.3, -0.25) is 4.99 Å². The molecule has 1 heterocycles. The summed E-state index contributed by atoms with van der Waals surface area (Å²) < 4.78 is 0. The molecule has 0 aliphatic heterocycles. The fourth-order valence-corrected chi connectivity index (χ4v) is 2.78. The number of hydrogen-bond donors (Lipinski definition) is 2. The summed E-state index contributed by atoms with van der Waals surface area (Å²) in [6.07, 6.45) is 3.85. The molecule has 0 bridgehead atoms. The standard InChI is InChI=1S/C16H22N4S/c1-13-12-20-15(21-13)9-11-19-16(17-2)18-10-8-14-6-4-3-5-7-14/h3-7,12H,8-11H2,1-2H3,(H2,17,18,19). The molecule has 0 fully saturated rings. The van der Waals surface area contributed by atoms with Gasteiger partial charge in [-0.2, -0.15) is 0 Å². The zero-order chi connectivity index (χ0) is 14.9. The van der Waals surface area contributed by atoms with Gasteiger partial charge in [0.25, 0.3) is 0 Å². The second kappa shape index (κ2) is 8.42. The van der Waals surface area contributed by atoms with Crippen LogP contribution in [0.15, 0.2) is 41.5 Å². The first-order valence-corrected chi connectivity index (χ1v) is 7.99. The largest absolute Gasteiger partial charge is 0.356 e. The van der Waals surface area contributed by atoms with E-state index in [1.165, 1.54) is 15.4 Å². The maximum Gasteiger partial charge on any atom is 0.191 e. The summed E-state index contributed by atoms with van der Waals surface area (Å²) in [5, 5.41) is 7.82. The molecule has 2 rings (SSSR count). The number of rotatable bonds is 6. The van der Waals surface area contributed by atoms with Crippen LogP contribution in [0.25, 0.3) is 0 Å². The second-order valence-electron chi connectivity index (χ2n) is 4.78. The number of aryl methyl sites for hydroxylation is 1. The van der Waals surface area contributed by atoms with Gasteiger partial charge in [0.2, 0.25) is 0 Å². The van der Waals surface area contributed by atoms with E-state index < -0.39 is 0 Å². The van der Waals surface area contributed by atoms with Crippen molar-refractivity contribution in [2.45, 2.75) is 19.8 Å². The summed E-state index contributed by atoms with van der Waals surface area (Å²) >= 11 is 1.75. The molecule has 1 aromatic heterocycles. The predicted octanol–water partition coefficient (Wildman–Crippen LogP) is 2.40. The average Bonchev–Trinajstić information content (AvgIpc) is 2.92. The quantitative estimate of drug-likeness (QED) is 0.636. The Morgan fingerprint density at radius 1 is 1.14 bits per heavy atom. The van der Waals surface area contributed by atoms with Crippen molar-refractivity contribution in [2.24, 2.45) is 4.99 Å². The van der Waals surface area contributed by atoms with E-state index in [0.29, 0.717) is 0 Å². The minimum absolute atomic E-state index is 0.845. The van der Waals surface area contributed by atoms with Crippen molar-refractivity contribution in [3.05, 3.63) is 52.0 Å². The van der Waals surface area contributed by atoms with Crippen LogP contribution in [0.2, 0.25) is 0 Å². The van der Waals surface area contributed by atoms with E-state index >= 15 is 0 Å². The first-order valence-electron chi connectivity index (χ1n) is 7.17. The van der Waals surface area contributed by atoms with Crippen molar-refractivity contribution in [3.63, 3.8) is 0 Å². The van der Waals surface area contributed by atoms with Gasteiger partial charge in [0, 0.05) is 37.6 Å². The van der Waals surface area contributed by atoms with Crippen LogP contribution in [0.4, 0.5) is 0 Å². The van der Waals surface area contributed by atoms with E-state index in [2.05, 4.69) is 51.8 Å². The molecule has 0 spiro atoms. The molecule has 0 atom stereocenters. The monoisotopic (exact) mass is 302 g/mol. The van der Waals surface area contributed by atoms with E-state index in [1.807, 2.05) is 12.3 Å². The zero-order valence-electron chi connectivity index (χ0n) is 12.6. The molecule has 0 unspecified atom stereocenters. The normalized spacial score (nSPS) is 11.4. The molecule has 0 radical (unpaired) electrons. The van der Waals surface area contributed by atoms with Gasteiger partial charge >= 0.3 is 0 Å². The molecular formula is C16H22N4S. The summed E-state index contributed by atoms with van der Waals surface area (Å²) in [6, 6.07) is 10.5. The topological polar surface area (TPSA) is 49.3 Å². The highest BCUT2D eigenvalue weighted by Crippen LogP contribution is 2.10. The lowest BCUT2D eigenvalue weighted by atomic mass is 10.1. The number of thiazole rings is 1. The highest BCUT2D eigenvalue weighted by molar-refractivity contribution is 7.11. The lowest BCUT2D eigenvalue weighted by molar-refractivity contribution is 0.782. The van der Waals surface area contributed by atoms with Gasteiger partial charge in [-0.15, -0.1) is 11.3 Å². The van der Waals surface area contributed by atoms with Crippen LogP contribution in [-0.2, 0) is 12.8 Å². The van der Waals surface area contributed by atoms with Gasteiger partial charge in [-0.1, -0.05) is 30.3 Å². The molecule has 5 heteroatoms. The smallest absolute Gasteiger partial charge is 0.191 e. The third kappa shape index (κ3) is 5.55. The van der Waals surface area contributed by atoms with Crippen molar-refractivity contribution in [1.29, 1.82) is 0 Å². The van der Waals surface area contributed by atoms with E-state index in [9.17, 15) is 0 Å². The Hall–Kier alpha value is -1.88. The third-order valence-electron chi connectivity index (χ3n) is 3.07. The number of guanidine groups is 1. The second-order valence-corrected chi connectivity index (χ2v) is 6.10. The maximum absolute atomic E-state index is 4.36. The first kappa shape index (κ1) is 15.5. The molecule has 0 saturated carbocycles. The molecule has 0 saturated heterocycles. The SMILES string of the molecule is CN=C(NCCc1ccccc1)NCCc1ncc(C)s1. The average molecular weight is 302 g/mol. The maximum atomic E-state index is 4.36. The number of nitrogens with zero attached hydrogens (tertiary/aromatic N) is 2. The molecule has 2 aromatic rings. The van der Waals surface area contributed by atoms with E-state index in [-0.39, 0.29) is 0 Å². The Morgan fingerprint density at radius 2 is 1.86 bits per heavy atom. The molecule has 0 aliphatic rings. The van der Waals surface area contributed by atoms with Gasteiger partial charge in [0.1, 0.15) is 0 Å². The molecule has 0 aliphatic carbocycles. The molecule has 2 N–H and O–H groups in total. The summed E-state index contributed by atoms with van der Waals surface area (Å²) in [4.78, 5) is 9.85. The first-order chi connectivity index (χ1) is 10.3. The van der Waals surface area contributed by atoms with Gasteiger partial charge < -0.3 is 10.6 Å². The van der Waals surface area contributed by atoms with Crippen LogP contribution in [0.3, 0.4) is 0 Å². The number of aliphatic imine (C=N–C) groups is 1. The van der Waals surface area contributed by atoms with E-state index in [0.717, 1.165) is 31.9 Å². The number of aromatic nitrogens is 1. The Balaban J connectivity index is 1.66. The predicted molar refractivity (Wildman–Crippen MR) is 90.1 cm³/mol. The summed E-state index contributed by atoms with van der Waals surface area (Å²) in [5.41, 5.74) is 1.33. The summed E-state index contributed by atoms with van der Waals surface area (Å²) in [5.74, 6) is 0.846. The Morgan fingerprint density at radius 3 is 2.48 bits per heavy atom. The molecule has 1 aromatic carbocycles. The highest BCUT2D eigenvalue weighted by Gasteiger charge is 2.00. The van der Waals surface area contributed by atoms with Gasteiger partial charge in [-0.05, 0) is 18.9 Å². The van der Waals surface area contributed by atoms with Gasteiger partial charge in [-0.25, -0.2) is 4.98 Å². The van der Waals surface area contributed by atoms with Crippen LogP contribution < -0.4 is 10.6 Å². The van der Waals surface area contributed by atoms with Crippen molar-refractivity contribution >= 4 is 17.3 Å². The van der Waals surface area contributed by atoms with Crippen LogP contribution in [0, 0.1) is 6.92 Å². The minimum Gasteiger partial charge on any atom is -0.356 e. The lowest BCUT2D eigenvalue weighted by Crippen LogP contribution is -2.39. The molecular weight excluding hydrogens is 280 g/mol. The van der Waals surface area contributed by atoms with Crippen molar-refractivity contribution in [1.82, 2.24) is 15.6 Å². The zero-order valence-corrected chi connectivity index (χ0v) is 13.4. The Labute approximate surface area is 130 Å². The summed E-state index contributed by atoms with van der Waals surface area (Å²) in [7, 11) is 1.80. The fraction of sp³-hybridized carbons (Fsp3) is 0.375. The van der Waals surface area contributed by atoms with Crippen molar-refractivity contribution < 1.29 is 0 Å². The lowest BCUT2D eigenvalue weighted by Gasteiger charge is -2.11. The van der Waals surface area contributed by atoms with E-state index in [4.69, 9.17) is 0 Å². The Kier molecular flexibility index (Phi) is 6.22. The fourth-order valence-electron chi connectivity index (χ4n) is 2.00. The number of hydrogen-bond acceptors (Lipinski definition) is 3. The molecule has 0 amide bonds. The summed E-state index contributed by atoms with van der Waals surface area (Å²) in [6.45, 7) is 3.80. The molecule has 21 heavy (non-hydrogen) atoms. The van der Waals surface area contributed by atoms with E-state index in [1.54, 1.807) is 18.4 Å². The third-order valence-corrected chi connectivity index (χ3v) is 4.05. The van der Waals surface area contributed by atoms with Crippen molar-refractivity contribution in [2.75, 3.05) is 20.1 Å². The number of nitrogens with one attached hydrogen (secondary N) is 2. The van der Waals surface area contributed by atoms with Crippen LogP contribution in [-0.4, -0.2) is 31.1 Å². The molecule has 112 valence electrons. The Bertz CT molecular complexity index is 563.